The van der Waals surface area contributed by atoms with Crippen molar-refractivity contribution in [3.05, 3.63) is 45.5 Å². The Morgan fingerprint density at radius 1 is 1.34 bits per heavy atom. The minimum atomic E-state index is -0.272. The molecule has 1 aliphatic rings. The third-order valence-electron chi connectivity index (χ3n) is 5.20. The lowest BCUT2D eigenvalue weighted by Crippen LogP contribution is -2.49. The van der Waals surface area contributed by atoms with E-state index in [1.54, 1.807) is 6.20 Å². The summed E-state index contributed by atoms with van der Waals surface area (Å²) in [6, 6.07) is 5.66. The summed E-state index contributed by atoms with van der Waals surface area (Å²) in [5.74, 6) is 1.35. The first-order chi connectivity index (χ1) is 14.9. The van der Waals surface area contributed by atoms with Crippen LogP contribution in [0.4, 0.5) is 17.5 Å². The molecule has 0 radical (unpaired) electrons. The van der Waals surface area contributed by atoms with Crippen LogP contribution in [0.1, 0.15) is 34.9 Å². The molecule has 0 saturated carbocycles. The first kappa shape index (κ1) is 23.6. The van der Waals surface area contributed by atoms with Crippen LogP contribution in [0.3, 0.4) is 0 Å². The fourth-order valence-electron chi connectivity index (χ4n) is 3.74. The molecule has 3 aromatic rings. The Morgan fingerprint density at radius 3 is 2.81 bits per heavy atom. The topological polar surface area (TPSA) is 112 Å². The summed E-state index contributed by atoms with van der Waals surface area (Å²) in [6.45, 7) is 7.06. The van der Waals surface area contributed by atoms with Gasteiger partial charge in [0.05, 0.1) is 18.4 Å². The van der Waals surface area contributed by atoms with E-state index in [1.165, 1.54) is 11.3 Å². The van der Waals surface area contributed by atoms with E-state index in [9.17, 15) is 4.79 Å². The maximum atomic E-state index is 12.5. The van der Waals surface area contributed by atoms with Crippen molar-refractivity contribution in [2.45, 2.75) is 39.9 Å². The number of likely N-dealkylation sites (N-methyl/N-ethyl adjacent to an activating group) is 1. The molecule has 32 heavy (non-hydrogen) atoms. The maximum absolute atomic E-state index is 12.5. The largest absolute Gasteiger partial charge is 0.350 e. The van der Waals surface area contributed by atoms with Gasteiger partial charge in [-0.2, -0.15) is 28.8 Å². The molecular formula is C21H26N8OS2. The van der Waals surface area contributed by atoms with E-state index in [0.717, 1.165) is 22.0 Å². The lowest BCUT2D eigenvalue weighted by atomic mass is 9.99. The Balaban J connectivity index is 0.00000289. The van der Waals surface area contributed by atoms with Gasteiger partial charge in [0.15, 0.2) is 5.82 Å². The highest BCUT2D eigenvalue weighted by Crippen LogP contribution is 2.34. The van der Waals surface area contributed by atoms with Crippen molar-refractivity contribution >= 4 is 48.2 Å². The van der Waals surface area contributed by atoms with Crippen LogP contribution in [0.25, 0.3) is 0 Å². The normalized spacial score (nSPS) is 15.1. The van der Waals surface area contributed by atoms with Crippen molar-refractivity contribution in [3.63, 3.8) is 0 Å². The van der Waals surface area contributed by atoms with Gasteiger partial charge >= 0.3 is 0 Å². The lowest BCUT2D eigenvalue weighted by Gasteiger charge is -2.36. The molecule has 0 saturated heterocycles. The summed E-state index contributed by atoms with van der Waals surface area (Å²) >= 11 is 1.47. The Morgan fingerprint density at radius 2 is 2.12 bits per heavy atom. The zero-order valence-electron chi connectivity index (χ0n) is 18.4. The highest BCUT2D eigenvalue weighted by Gasteiger charge is 2.35. The molecule has 2 N–H and O–H groups in total. The number of carbonyl (C=O) groups is 1. The van der Waals surface area contributed by atoms with Gasteiger partial charge in [-0.3, -0.25) is 9.48 Å². The number of hydrogen-bond acceptors (Lipinski definition) is 8. The number of aryl methyl sites for hydroxylation is 1. The van der Waals surface area contributed by atoms with Crippen LogP contribution in [0, 0.1) is 24.2 Å². The minimum Gasteiger partial charge on any atom is -0.350 e. The number of hydrogen-bond donors (Lipinski definition) is 2. The van der Waals surface area contributed by atoms with Gasteiger partial charge in [0.25, 0.3) is 0 Å². The number of rotatable bonds is 6. The predicted molar refractivity (Wildman–Crippen MR) is 130 cm³/mol. The van der Waals surface area contributed by atoms with E-state index < -0.39 is 0 Å². The van der Waals surface area contributed by atoms with Gasteiger partial charge < -0.3 is 15.5 Å². The van der Waals surface area contributed by atoms with Gasteiger partial charge in [0.2, 0.25) is 11.9 Å². The van der Waals surface area contributed by atoms with Crippen LogP contribution in [0.2, 0.25) is 0 Å². The Hall–Kier alpha value is -3.10. The molecule has 0 unspecified atom stereocenters. The molecule has 0 bridgehead atoms. The summed E-state index contributed by atoms with van der Waals surface area (Å²) < 4.78 is 1.85. The second kappa shape index (κ2) is 9.58. The summed E-state index contributed by atoms with van der Waals surface area (Å²) in [4.78, 5) is 25.3. The molecule has 3 aromatic heterocycles. The summed E-state index contributed by atoms with van der Waals surface area (Å²) in [5.41, 5.74) is 2.38. The molecule has 168 valence electrons. The Labute approximate surface area is 197 Å². The molecule has 4 heterocycles. The molecule has 1 amide bonds. The molecule has 0 aliphatic carbocycles. The number of anilines is 3. The average molecular weight is 471 g/mol. The molecular weight excluding hydrogens is 444 g/mol. The number of nitrogens with one attached hydrogen (secondary N) is 2. The number of aromatic nitrogens is 4. The van der Waals surface area contributed by atoms with Crippen molar-refractivity contribution in [2.24, 2.45) is 5.92 Å². The summed E-state index contributed by atoms with van der Waals surface area (Å²) in [5, 5.41) is 19.6. The highest BCUT2D eigenvalue weighted by molar-refractivity contribution is 7.59. The van der Waals surface area contributed by atoms with Crippen LogP contribution in [0.5, 0.6) is 0 Å². The zero-order chi connectivity index (χ0) is 22.1. The van der Waals surface area contributed by atoms with Crippen molar-refractivity contribution in [2.75, 3.05) is 22.6 Å². The van der Waals surface area contributed by atoms with Crippen LogP contribution in [-0.2, 0) is 17.9 Å². The molecule has 1 atom stereocenters. The quantitative estimate of drug-likeness (QED) is 0.569. The smallest absolute Gasteiger partial charge is 0.247 e. The van der Waals surface area contributed by atoms with E-state index in [-0.39, 0.29) is 31.4 Å². The van der Waals surface area contributed by atoms with Crippen LogP contribution in [0.15, 0.2) is 24.5 Å². The van der Waals surface area contributed by atoms with E-state index in [2.05, 4.69) is 31.8 Å². The van der Waals surface area contributed by atoms with Gasteiger partial charge in [0.1, 0.15) is 22.7 Å². The van der Waals surface area contributed by atoms with Crippen LogP contribution < -0.4 is 15.5 Å². The number of amides is 1. The van der Waals surface area contributed by atoms with E-state index in [0.29, 0.717) is 29.6 Å². The zero-order valence-corrected chi connectivity index (χ0v) is 20.2. The van der Waals surface area contributed by atoms with Crippen LogP contribution in [-0.4, -0.2) is 38.7 Å². The maximum Gasteiger partial charge on any atom is 0.247 e. The highest BCUT2D eigenvalue weighted by atomic mass is 32.1. The molecule has 0 aromatic carbocycles. The summed E-state index contributed by atoms with van der Waals surface area (Å²) in [6.07, 6.45) is 3.77. The number of thiophene rings is 1. The van der Waals surface area contributed by atoms with Crippen molar-refractivity contribution < 1.29 is 4.79 Å². The molecule has 0 spiro atoms. The Kier molecular flexibility index (Phi) is 7.06. The van der Waals surface area contributed by atoms with E-state index in [1.807, 2.05) is 55.7 Å². The van der Waals surface area contributed by atoms with Crippen molar-refractivity contribution in [1.82, 2.24) is 19.7 Å². The fraction of sp³-hybridized carbons (Fsp3) is 0.381. The monoisotopic (exact) mass is 470 g/mol. The van der Waals surface area contributed by atoms with Gasteiger partial charge in [0, 0.05) is 30.2 Å². The van der Waals surface area contributed by atoms with Gasteiger partial charge in [-0.1, -0.05) is 13.8 Å². The van der Waals surface area contributed by atoms with Gasteiger partial charge in [-0.05, 0) is 25.0 Å². The van der Waals surface area contributed by atoms with Crippen molar-refractivity contribution in [1.29, 1.82) is 5.26 Å². The lowest BCUT2D eigenvalue weighted by molar-refractivity contribution is -0.118. The molecule has 9 nitrogen and oxygen atoms in total. The SMILES string of the molecule is Cc1nc(NCc2cnn(Cc3ccc(C#N)s3)c2)nc2c1NC(=O)[C@H](C(C)C)N2C.S. The Bertz CT molecular complexity index is 1160. The first-order valence-corrected chi connectivity index (χ1v) is 10.8. The third-order valence-corrected chi connectivity index (χ3v) is 6.17. The van der Waals surface area contributed by atoms with Crippen molar-refractivity contribution in [3.8, 4) is 6.07 Å². The number of fused-ring (bicyclic) bond motifs is 1. The average Bonchev–Trinajstić information content (AvgIpc) is 3.36. The number of nitrogens with zero attached hydrogens (tertiary/aromatic N) is 6. The van der Waals surface area contributed by atoms with Gasteiger partial charge in [-0.15, -0.1) is 11.3 Å². The number of nitriles is 1. The fourth-order valence-corrected chi connectivity index (χ4v) is 4.54. The second-order valence-electron chi connectivity index (χ2n) is 7.90. The first-order valence-electron chi connectivity index (χ1n) is 10.0. The molecule has 4 rings (SSSR count). The summed E-state index contributed by atoms with van der Waals surface area (Å²) in [7, 11) is 1.89. The van der Waals surface area contributed by atoms with E-state index >= 15 is 0 Å². The molecule has 0 fully saturated rings. The van der Waals surface area contributed by atoms with Crippen LogP contribution >= 0.6 is 24.8 Å². The van der Waals surface area contributed by atoms with E-state index in [4.69, 9.17) is 5.26 Å². The standard InChI is InChI=1S/C21H24N8OS.H2S/c1-12(2)18-20(30)26-17-13(3)25-21(27-19(17)28(18)4)23-8-14-9-24-29(10-14)11-16-6-5-15(7-22)31-16;/h5-6,9-10,12,18H,8,11H2,1-4H3,(H,26,30)(H,23,25,27);1H2/t18-;/m0./s1. The second-order valence-corrected chi connectivity index (χ2v) is 9.07. The van der Waals surface area contributed by atoms with Gasteiger partial charge in [-0.25, -0.2) is 4.98 Å². The third kappa shape index (κ3) is 4.71. The predicted octanol–water partition coefficient (Wildman–Crippen LogP) is 3.10. The molecule has 11 heteroatoms. The number of carbonyl (C=O) groups excluding carboxylic acids is 1. The minimum absolute atomic E-state index is 0. The molecule has 1 aliphatic heterocycles.